The van der Waals surface area contributed by atoms with E-state index >= 15 is 0 Å². The molecule has 120 valence electrons. The predicted octanol–water partition coefficient (Wildman–Crippen LogP) is 4.34. The largest absolute Gasteiger partial charge is 0.278 e. The summed E-state index contributed by atoms with van der Waals surface area (Å²) in [5.74, 6) is 0.788. The monoisotopic (exact) mass is 328 g/mol. The maximum absolute atomic E-state index is 10.9. The van der Waals surface area contributed by atoms with Gasteiger partial charge in [-0.2, -0.15) is 0 Å². The molecule has 5 rings (SSSR count). The zero-order valence-electron chi connectivity index (χ0n) is 13.0. The third kappa shape index (κ3) is 1.88. The van der Waals surface area contributed by atoms with E-state index in [1.165, 1.54) is 12.1 Å². The lowest BCUT2D eigenvalue weighted by atomic mass is 10.2. The van der Waals surface area contributed by atoms with Crippen LogP contribution in [-0.4, -0.2) is 18.9 Å². The highest BCUT2D eigenvalue weighted by Crippen LogP contribution is 2.29. The Labute approximate surface area is 141 Å². The Morgan fingerprint density at radius 1 is 0.800 bits per heavy atom. The van der Waals surface area contributed by atoms with E-state index in [1.54, 1.807) is 12.1 Å². The van der Waals surface area contributed by atoms with Crippen LogP contribution in [0.5, 0.6) is 0 Å². The van der Waals surface area contributed by atoms with Crippen molar-refractivity contribution in [2.24, 2.45) is 0 Å². The van der Waals surface area contributed by atoms with E-state index in [-0.39, 0.29) is 5.69 Å². The van der Waals surface area contributed by atoms with Crippen molar-refractivity contribution in [3.05, 3.63) is 82.9 Å². The van der Waals surface area contributed by atoms with E-state index < -0.39 is 4.92 Å². The first-order valence-corrected chi connectivity index (χ1v) is 7.85. The van der Waals surface area contributed by atoms with Crippen LogP contribution in [0.4, 0.5) is 5.69 Å². The van der Waals surface area contributed by atoms with E-state index in [1.807, 2.05) is 47.0 Å². The Hall–Kier alpha value is -3.67. The minimum Gasteiger partial charge on any atom is -0.278 e. The fraction of sp³-hybridized carbons (Fsp3) is 0. The van der Waals surface area contributed by atoms with Gasteiger partial charge in [-0.3, -0.25) is 19.1 Å². The second-order valence-corrected chi connectivity index (χ2v) is 5.83. The van der Waals surface area contributed by atoms with Crippen molar-refractivity contribution >= 4 is 33.5 Å². The van der Waals surface area contributed by atoms with Crippen molar-refractivity contribution in [3.8, 4) is 5.69 Å². The van der Waals surface area contributed by atoms with Crippen molar-refractivity contribution < 1.29 is 4.92 Å². The SMILES string of the molecule is O=[N+]([O-])c1ccc(-n2c3ccccc3n3c4ccccc4nc23)cc1. The fourth-order valence-electron chi connectivity index (χ4n) is 3.33. The van der Waals surface area contributed by atoms with Crippen LogP contribution < -0.4 is 0 Å². The molecule has 0 aliphatic heterocycles. The van der Waals surface area contributed by atoms with Gasteiger partial charge >= 0.3 is 0 Å². The summed E-state index contributed by atoms with van der Waals surface area (Å²) < 4.78 is 4.14. The predicted molar refractivity (Wildman–Crippen MR) is 96.2 cm³/mol. The zero-order chi connectivity index (χ0) is 17.0. The number of imidazole rings is 2. The molecule has 0 unspecified atom stereocenters. The van der Waals surface area contributed by atoms with Crippen LogP contribution in [0.1, 0.15) is 0 Å². The number of fused-ring (bicyclic) bond motifs is 5. The molecule has 25 heavy (non-hydrogen) atoms. The van der Waals surface area contributed by atoms with Gasteiger partial charge in [-0.25, -0.2) is 4.98 Å². The highest BCUT2D eigenvalue weighted by atomic mass is 16.6. The summed E-state index contributed by atoms with van der Waals surface area (Å²) in [6, 6.07) is 22.6. The first-order valence-electron chi connectivity index (χ1n) is 7.85. The van der Waals surface area contributed by atoms with E-state index in [2.05, 4.69) is 10.5 Å². The highest BCUT2D eigenvalue weighted by molar-refractivity contribution is 5.92. The summed E-state index contributed by atoms with van der Waals surface area (Å²) in [6.45, 7) is 0. The molecule has 0 atom stereocenters. The van der Waals surface area contributed by atoms with Crippen LogP contribution in [-0.2, 0) is 0 Å². The second-order valence-electron chi connectivity index (χ2n) is 5.83. The summed E-state index contributed by atoms with van der Waals surface area (Å²) in [6.07, 6.45) is 0. The van der Waals surface area contributed by atoms with Gasteiger partial charge in [0, 0.05) is 17.8 Å². The Morgan fingerprint density at radius 2 is 1.44 bits per heavy atom. The summed E-state index contributed by atoms with van der Waals surface area (Å²) in [7, 11) is 0. The van der Waals surface area contributed by atoms with Crippen LogP contribution in [0, 0.1) is 10.1 Å². The average molecular weight is 328 g/mol. The summed E-state index contributed by atoms with van der Waals surface area (Å²) in [5, 5.41) is 10.9. The second kappa shape index (κ2) is 4.91. The number of hydrogen-bond donors (Lipinski definition) is 0. The van der Waals surface area contributed by atoms with Crippen LogP contribution in [0.3, 0.4) is 0 Å². The minimum atomic E-state index is -0.392. The molecule has 0 radical (unpaired) electrons. The van der Waals surface area contributed by atoms with Gasteiger partial charge < -0.3 is 0 Å². The quantitative estimate of drug-likeness (QED) is 0.358. The standard InChI is InChI=1S/C19H12N4O2/c24-23(25)14-11-9-13(10-12-14)21-17-7-3-4-8-18(17)22-16-6-2-1-5-15(16)20-19(21)22/h1-12H. The van der Waals surface area contributed by atoms with Crippen molar-refractivity contribution in [1.82, 2.24) is 14.0 Å². The van der Waals surface area contributed by atoms with Crippen LogP contribution in [0.15, 0.2) is 72.8 Å². The van der Waals surface area contributed by atoms with E-state index in [4.69, 9.17) is 4.98 Å². The molecule has 0 aliphatic carbocycles. The smallest absolute Gasteiger partial charge is 0.269 e. The van der Waals surface area contributed by atoms with Gasteiger partial charge in [0.1, 0.15) is 0 Å². The molecular weight excluding hydrogens is 316 g/mol. The third-order valence-corrected chi connectivity index (χ3v) is 4.43. The third-order valence-electron chi connectivity index (χ3n) is 4.43. The zero-order valence-corrected chi connectivity index (χ0v) is 13.0. The Morgan fingerprint density at radius 3 is 2.16 bits per heavy atom. The lowest BCUT2D eigenvalue weighted by Crippen LogP contribution is -1.96. The number of nitro groups is 1. The van der Waals surface area contributed by atoms with Crippen molar-refractivity contribution in [2.45, 2.75) is 0 Å². The number of para-hydroxylation sites is 4. The number of aromatic nitrogens is 3. The number of nitrogens with zero attached hydrogens (tertiary/aromatic N) is 4. The molecule has 2 aromatic heterocycles. The molecular formula is C19H12N4O2. The molecule has 0 spiro atoms. The average Bonchev–Trinajstić information content (AvgIpc) is 3.16. The summed E-state index contributed by atoms with van der Waals surface area (Å²) in [4.78, 5) is 15.3. The van der Waals surface area contributed by atoms with Crippen LogP contribution in [0.25, 0.3) is 33.5 Å². The molecule has 5 aromatic rings. The van der Waals surface area contributed by atoms with Gasteiger partial charge in [-0.05, 0) is 36.4 Å². The summed E-state index contributed by atoms with van der Waals surface area (Å²) in [5.41, 5.74) is 4.92. The van der Waals surface area contributed by atoms with Gasteiger partial charge in [-0.1, -0.05) is 24.3 Å². The topological polar surface area (TPSA) is 65.4 Å². The molecule has 0 fully saturated rings. The number of hydrogen-bond acceptors (Lipinski definition) is 3. The molecule has 6 heteroatoms. The molecule has 0 saturated carbocycles. The molecule has 0 amide bonds. The molecule has 6 nitrogen and oxygen atoms in total. The van der Waals surface area contributed by atoms with Crippen LogP contribution >= 0.6 is 0 Å². The lowest BCUT2D eigenvalue weighted by Gasteiger charge is -2.04. The van der Waals surface area contributed by atoms with Crippen molar-refractivity contribution in [3.63, 3.8) is 0 Å². The molecule has 0 bridgehead atoms. The van der Waals surface area contributed by atoms with Gasteiger partial charge in [0.15, 0.2) is 0 Å². The number of non-ortho nitro benzene ring substituents is 1. The minimum absolute atomic E-state index is 0.0738. The molecule has 0 aliphatic rings. The van der Waals surface area contributed by atoms with E-state index in [0.717, 1.165) is 33.5 Å². The first kappa shape index (κ1) is 13.7. The van der Waals surface area contributed by atoms with E-state index in [9.17, 15) is 10.1 Å². The molecule has 2 heterocycles. The molecule has 0 saturated heterocycles. The van der Waals surface area contributed by atoms with E-state index in [0.29, 0.717) is 0 Å². The normalized spacial score (nSPS) is 11.5. The van der Waals surface area contributed by atoms with Gasteiger partial charge in [-0.15, -0.1) is 0 Å². The van der Waals surface area contributed by atoms with Gasteiger partial charge in [0.25, 0.3) is 5.69 Å². The Balaban J connectivity index is 1.91. The fourth-order valence-corrected chi connectivity index (χ4v) is 3.33. The number of benzene rings is 3. The molecule has 0 N–H and O–H groups in total. The lowest BCUT2D eigenvalue weighted by molar-refractivity contribution is -0.384. The van der Waals surface area contributed by atoms with Gasteiger partial charge in [0.05, 0.1) is 27.0 Å². The van der Waals surface area contributed by atoms with Crippen molar-refractivity contribution in [2.75, 3.05) is 0 Å². The van der Waals surface area contributed by atoms with Crippen LogP contribution in [0.2, 0.25) is 0 Å². The maximum Gasteiger partial charge on any atom is 0.269 e. The number of rotatable bonds is 2. The van der Waals surface area contributed by atoms with Gasteiger partial charge in [0.2, 0.25) is 5.78 Å². The summed E-state index contributed by atoms with van der Waals surface area (Å²) >= 11 is 0. The first-order chi connectivity index (χ1) is 12.2. The molecule has 3 aromatic carbocycles. The highest BCUT2D eigenvalue weighted by Gasteiger charge is 2.17. The maximum atomic E-state index is 10.9. The Kier molecular flexibility index (Phi) is 2.70. The van der Waals surface area contributed by atoms with Crippen molar-refractivity contribution in [1.29, 1.82) is 0 Å². The Bertz CT molecular complexity index is 1270. The number of nitro benzene ring substituents is 1.